The summed E-state index contributed by atoms with van der Waals surface area (Å²) < 4.78 is 3.32. The summed E-state index contributed by atoms with van der Waals surface area (Å²) in [5.74, 6) is 0.823. The van der Waals surface area contributed by atoms with Crippen LogP contribution < -0.4 is 11.0 Å². The van der Waals surface area contributed by atoms with E-state index >= 15 is 0 Å². The number of carbonyl (C=O) groups is 1. The molecule has 1 amide bonds. The van der Waals surface area contributed by atoms with E-state index < -0.39 is 0 Å². The van der Waals surface area contributed by atoms with Crippen molar-refractivity contribution in [3.63, 3.8) is 0 Å². The first-order chi connectivity index (χ1) is 13.6. The molecule has 1 aromatic carbocycles. The van der Waals surface area contributed by atoms with E-state index in [1.807, 2.05) is 30.5 Å². The molecule has 2 aromatic heterocycles. The maximum absolute atomic E-state index is 12.6. The lowest BCUT2D eigenvalue weighted by molar-refractivity contribution is 0.0957. The van der Waals surface area contributed by atoms with Gasteiger partial charge in [-0.05, 0) is 43.2 Å². The highest BCUT2D eigenvalue weighted by Crippen LogP contribution is 2.28. The van der Waals surface area contributed by atoms with Gasteiger partial charge in [0.1, 0.15) is 5.82 Å². The van der Waals surface area contributed by atoms with Crippen molar-refractivity contribution in [2.24, 2.45) is 0 Å². The Labute approximate surface area is 167 Å². The van der Waals surface area contributed by atoms with Gasteiger partial charge in [-0.2, -0.15) is 5.10 Å². The average molecular weight is 397 g/mol. The van der Waals surface area contributed by atoms with Crippen LogP contribution in [0.5, 0.6) is 0 Å². The van der Waals surface area contributed by atoms with Gasteiger partial charge < -0.3 is 5.32 Å². The summed E-state index contributed by atoms with van der Waals surface area (Å²) in [6.45, 7) is 3.85. The molecule has 1 N–H and O–H groups in total. The van der Waals surface area contributed by atoms with Crippen molar-refractivity contribution in [2.75, 3.05) is 6.54 Å². The third-order valence-electron chi connectivity index (χ3n) is 5.10. The summed E-state index contributed by atoms with van der Waals surface area (Å²) in [5.41, 5.74) is 3.18. The number of thiophene rings is 1. The van der Waals surface area contributed by atoms with Crippen LogP contribution in [0.2, 0.25) is 0 Å². The number of hydrogen-bond acceptors (Lipinski definition) is 4. The Kier molecular flexibility index (Phi) is 5.43. The number of carbonyl (C=O) groups excluding carboxylic acids is 1. The molecule has 6 nitrogen and oxygen atoms in total. The number of amides is 1. The number of benzene rings is 1. The minimum Gasteiger partial charge on any atom is -0.351 e. The summed E-state index contributed by atoms with van der Waals surface area (Å²) >= 11 is 1.45. The Bertz CT molecular complexity index is 1030. The molecule has 7 heteroatoms. The van der Waals surface area contributed by atoms with E-state index in [1.165, 1.54) is 21.6 Å². The molecule has 0 radical (unpaired) electrons. The predicted molar refractivity (Wildman–Crippen MR) is 111 cm³/mol. The fourth-order valence-electron chi connectivity index (χ4n) is 3.55. The van der Waals surface area contributed by atoms with Crippen LogP contribution in [0.3, 0.4) is 0 Å². The first-order valence-electron chi connectivity index (χ1n) is 9.73. The highest BCUT2D eigenvalue weighted by Gasteiger charge is 2.17. The third kappa shape index (κ3) is 3.80. The van der Waals surface area contributed by atoms with Crippen molar-refractivity contribution in [3.05, 3.63) is 62.5 Å². The number of aryl methyl sites for hydroxylation is 3. The van der Waals surface area contributed by atoms with E-state index in [0.717, 1.165) is 47.6 Å². The van der Waals surface area contributed by atoms with Crippen LogP contribution in [0.25, 0.3) is 11.1 Å². The second-order valence-corrected chi connectivity index (χ2v) is 8.09. The molecule has 0 fully saturated rings. The number of rotatable bonds is 6. The number of hydrogen-bond donors (Lipinski definition) is 1. The third-order valence-corrected chi connectivity index (χ3v) is 6.01. The highest BCUT2D eigenvalue weighted by atomic mass is 32.1. The zero-order valence-electron chi connectivity index (χ0n) is 16.0. The van der Waals surface area contributed by atoms with Gasteiger partial charge in [0.2, 0.25) is 0 Å². The van der Waals surface area contributed by atoms with E-state index in [-0.39, 0.29) is 11.6 Å². The Morgan fingerprint density at radius 1 is 1.21 bits per heavy atom. The molecular weight excluding hydrogens is 372 g/mol. The van der Waals surface area contributed by atoms with E-state index in [9.17, 15) is 9.59 Å². The first-order valence-corrected chi connectivity index (χ1v) is 10.6. The minimum absolute atomic E-state index is 0.0269. The van der Waals surface area contributed by atoms with Crippen molar-refractivity contribution >= 4 is 17.2 Å². The molecule has 3 aromatic rings. The Hall–Kier alpha value is -2.67. The molecule has 0 atom stereocenters. The second kappa shape index (κ2) is 8.14. The van der Waals surface area contributed by atoms with Crippen molar-refractivity contribution in [3.8, 4) is 11.1 Å². The van der Waals surface area contributed by atoms with E-state index in [1.54, 1.807) is 4.57 Å². The number of nitrogens with one attached hydrogen (secondary N) is 1. The molecule has 146 valence electrons. The quantitative estimate of drug-likeness (QED) is 0.651. The molecule has 3 heterocycles. The normalized spacial score (nSPS) is 13.3. The molecule has 0 unspecified atom stereocenters. The lowest BCUT2D eigenvalue weighted by Crippen LogP contribution is -2.29. The van der Waals surface area contributed by atoms with Gasteiger partial charge in [-0.15, -0.1) is 11.3 Å². The zero-order chi connectivity index (χ0) is 19.5. The van der Waals surface area contributed by atoms with E-state index in [2.05, 4.69) is 22.5 Å². The van der Waals surface area contributed by atoms with Gasteiger partial charge in [-0.3, -0.25) is 9.36 Å². The van der Waals surface area contributed by atoms with Crippen LogP contribution in [-0.4, -0.2) is 26.8 Å². The van der Waals surface area contributed by atoms with Crippen molar-refractivity contribution < 1.29 is 4.79 Å². The summed E-state index contributed by atoms with van der Waals surface area (Å²) in [4.78, 5) is 25.7. The maximum Gasteiger partial charge on any atom is 0.345 e. The molecule has 0 saturated heterocycles. The predicted octanol–water partition coefficient (Wildman–Crippen LogP) is 3.24. The van der Waals surface area contributed by atoms with Gasteiger partial charge in [0.15, 0.2) is 0 Å². The molecule has 28 heavy (non-hydrogen) atoms. The smallest absolute Gasteiger partial charge is 0.345 e. The van der Waals surface area contributed by atoms with Gasteiger partial charge in [-0.1, -0.05) is 29.8 Å². The molecular formula is C21H24N4O2S. The van der Waals surface area contributed by atoms with Crippen molar-refractivity contribution in [2.45, 2.75) is 45.7 Å². The number of nitrogens with zero attached hydrogens (tertiary/aromatic N) is 3. The standard InChI is InChI=1S/C21H24N4O2S/c1-15-6-8-16(9-7-15)17-10-14-28-19(17)20(26)22-11-4-13-25-21(27)24-12-3-2-5-18(24)23-25/h6-10,14H,2-5,11-13H2,1H3,(H,22,26). The SMILES string of the molecule is Cc1ccc(-c2ccsc2C(=O)NCCCn2nc3n(c2=O)CCCC3)cc1. The average Bonchev–Trinajstić information content (AvgIpc) is 3.31. The number of aromatic nitrogens is 3. The first kappa shape index (κ1) is 18.7. The lowest BCUT2D eigenvalue weighted by atomic mass is 10.0. The molecule has 0 bridgehead atoms. The fraction of sp³-hybridized carbons (Fsp3) is 0.381. The highest BCUT2D eigenvalue weighted by molar-refractivity contribution is 7.12. The summed E-state index contributed by atoms with van der Waals surface area (Å²) in [6, 6.07) is 10.2. The molecule has 4 rings (SSSR count). The van der Waals surface area contributed by atoms with Crippen molar-refractivity contribution in [1.29, 1.82) is 0 Å². The summed E-state index contributed by atoms with van der Waals surface area (Å²) in [7, 11) is 0. The summed E-state index contributed by atoms with van der Waals surface area (Å²) in [6.07, 6.45) is 3.68. The molecule has 0 spiro atoms. The lowest BCUT2D eigenvalue weighted by Gasteiger charge is -2.09. The van der Waals surface area contributed by atoms with Crippen LogP contribution >= 0.6 is 11.3 Å². The number of fused-ring (bicyclic) bond motifs is 1. The van der Waals surface area contributed by atoms with Crippen molar-refractivity contribution in [1.82, 2.24) is 19.7 Å². The molecule has 1 aliphatic heterocycles. The Morgan fingerprint density at radius 3 is 2.82 bits per heavy atom. The second-order valence-electron chi connectivity index (χ2n) is 7.17. The van der Waals surface area contributed by atoms with Gasteiger partial charge in [0.05, 0.1) is 4.88 Å². The zero-order valence-corrected chi connectivity index (χ0v) is 16.8. The van der Waals surface area contributed by atoms with E-state index in [0.29, 0.717) is 19.5 Å². The molecule has 1 aliphatic rings. The van der Waals surface area contributed by atoms with Crippen LogP contribution in [0, 0.1) is 6.92 Å². The van der Waals surface area contributed by atoms with Crippen LogP contribution in [-0.2, 0) is 19.5 Å². The molecule has 0 aliphatic carbocycles. The van der Waals surface area contributed by atoms with E-state index in [4.69, 9.17) is 0 Å². The topological polar surface area (TPSA) is 68.9 Å². The fourth-order valence-corrected chi connectivity index (χ4v) is 4.38. The monoisotopic (exact) mass is 396 g/mol. The molecule has 0 saturated carbocycles. The van der Waals surface area contributed by atoms with Gasteiger partial charge in [-0.25, -0.2) is 9.48 Å². The maximum atomic E-state index is 12.6. The van der Waals surface area contributed by atoms with Crippen LogP contribution in [0.15, 0.2) is 40.5 Å². The Balaban J connectivity index is 1.35. The summed E-state index contributed by atoms with van der Waals surface area (Å²) in [5, 5.41) is 9.36. The van der Waals surface area contributed by atoms with Crippen LogP contribution in [0.1, 0.15) is 40.3 Å². The van der Waals surface area contributed by atoms with Gasteiger partial charge in [0.25, 0.3) is 5.91 Å². The van der Waals surface area contributed by atoms with Gasteiger partial charge in [0, 0.05) is 31.6 Å². The Morgan fingerprint density at radius 2 is 2.04 bits per heavy atom. The van der Waals surface area contributed by atoms with Gasteiger partial charge >= 0.3 is 5.69 Å². The largest absolute Gasteiger partial charge is 0.351 e. The van der Waals surface area contributed by atoms with Crippen LogP contribution in [0.4, 0.5) is 0 Å². The minimum atomic E-state index is -0.0675.